The Morgan fingerprint density at radius 1 is 1.26 bits per heavy atom. The van der Waals surface area contributed by atoms with Gasteiger partial charge in [-0.3, -0.25) is 0 Å². The van der Waals surface area contributed by atoms with Crippen LogP contribution in [0.3, 0.4) is 0 Å². The van der Waals surface area contributed by atoms with Gasteiger partial charge >= 0.3 is 0 Å². The number of benzene rings is 1. The largest absolute Gasteiger partial charge is 0.368 e. The van der Waals surface area contributed by atoms with E-state index in [2.05, 4.69) is 10.1 Å². The average molecular weight is 395 g/mol. The summed E-state index contributed by atoms with van der Waals surface area (Å²) in [5, 5.41) is 3.95. The minimum Gasteiger partial charge on any atom is -0.368 e. The Hall–Kier alpha value is -1.84. The highest BCUT2D eigenvalue weighted by Crippen LogP contribution is 2.38. The van der Waals surface area contributed by atoms with Crippen molar-refractivity contribution in [3.8, 4) is 0 Å². The molecule has 1 aliphatic carbocycles. The molecule has 1 saturated carbocycles. The van der Waals surface area contributed by atoms with Gasteiger partial charge in [0.1, 0.15) is 12.4 Å². The fourth-order valence-electron chi connectivity index (χ4n) is 3.15. The maximum absolute atomic E-state index is 13.7. The fourth-order valence-corrected chi connectivity index (χ4v) is 4.63. The van der Waals surface area contributed by atoms with Crippen molar-refractivity contribution in [1.82, 2.24) is 14.4 Å². The number of sulfonamides is 1. The van der Waals surface area contributed by atoms with Crippen LogP contribution in [0.2, 0.25) is 0 Å². The lowest BCUT2D eigenvalue weighted by atomic mass is 10.1. The standard InChI is InChI=1S/C18H22FN3O4S/c1-12-2-5-15(10-16(12)19)27(23,24)22-8-6-14(7-9-22)25-11-17-20-18(21-26-17)13-3-4-13/h2,5,10,13-14H,3-4,6-9,11H2,1H3. The molecule has 0 radical (unpaired) electrons. The number of aromatic nitrogens is 2. The second-order valence-electron chi connectivity index (χ2n) is 7.15. The van der Waals surface area contributed by atoms with Crippen molar-refractivity contribution in [2.75, 3.05) is 13.1 Å². The number of rotatable bonds is 6. The molecule has 1 saturated heterocycles. The molecule has 0 unspecified atom stereocenters. The number of ether oxygens (including phenoxy) is 1. The third kappa shape index (κ3) is 4.04. The molecule has 27 heavy (non-hydrogen) atoms. The Morgan fingerprint density at radius 2 is 2.00 bits per heavy atom. The highest BCUT2D eigenvalue weighted by Gasteiger charge is 2.31. The van der Waals surface area contributed by atoms with Crippen LogP contribution in [0.4, 0.5) is 4.39 Å². The highest BCUT2D eigenvalue weighted by molar-refractivity contribution is 7.89. The predicted molar refractivity (Wildman–Crippen MR) is 94.0 cm³/mol. The molecule has 2 aromatic rings. The van der Waals surface area contributed by atoms with Crippen molar-refractivity contribution in [2.24, 2.45) is 0 Å². The summed E-state index contributed by atoms with van der Waals surface area (Å²) in [5.41, 5.74) is 0.423. The molecule has 4 rings (SSSR count). The van der Waals surface area contributed by atoms with E-state index in [1.165, 1.54) is 16.4 Å². The summed E-state index contributed by atoms with van der Waals surface area (Å²) in [6.07, 6.45) is 3.28. The molecule has 0 atom stereocenters. The SMILES string of the molecule is Cc1ccc(S(=O)(=O)N2CCC(OCc3nc(C4CC4)no3)CC2)cc1F. The first-order chi connectivity index (χ1) is 12.9. The summed E-state index contributed by atoms with van der Waals surface area (Å²) >= 11 is 0. The molecule has 0 amide bonds. The maximum Gasteiger partial charge on any atom is 0.252 e. The molecule has 2 heterocycles. The van der Waals surface area contributed by atoms with Gasteiger partial charge in [0.25, 0.3) is 5.89 Å². The van der Waals surface area contributed by atoms with Crippen LogP contribution in [0.1, 0.15) is 48.9 Å². The van der Waals surface area contributed by atoms with Gasteiger partial charge in [-0.05, 0) is 50.3 Å². The smallest absolute Gasteiger partial charge is 0.252 e. The maximum atomic E-state index is 13.7. The van der Waals surface area contributed by atoms with Crippen LogP contribution in [-0.2, 0) is 21.4 Å². The van der Waals surface area contributed by atoms with Gasteiger partial charge in [-0.2, -0.15) is 9.29 Å². The van der Waals surface area contributed by atoms with Crippen molar-refractivity contribution in [2.45, 2.75) is 56.1 Å². The molecule has 1 aromatic carbocycles. The number of halogens is 1. The van der Waals surface area contributed by atoms with E-state index >= 15 is 0 Å². The third-order valence-corrected chi connectivity index (χ3v) is 6.95. The molecular weight excluding hydrogens is 373 g/mol. The number of nitrogens with zero attached hydrogens (tertiary/aromatic N) is 3. The Balaban J connectivity index is 1.31. The van der Waals surface area contributed by atoms with E-state index in [0.29, 0.717) is 43.3 Å². The van der Waals surface area contributed by atoms with Gasteiger partial charge in [-0.15, -0.1) is 0 Å². The van der Waals surface area contributed by atoms with E-state index in [1.807, 2.05) is 0 Å². The van der Waals surface area contributed by atoms with E-state index in [1.54, 1.807) is 6.92 Å². The van der Waals surface area contributed by atoms with Crippen molar-refractivity contribution in [3.63, 3.8) is 0 Å². The van der Waals surface area contributed by atoms with Gasteiger partial charge in [-0.25, -0.2) is 12.8 Å². The van der Waals surface area contributed by atoms with Crippen molar-refractivity contribution in [1.29, 1.82) is 0 Å². The second kappa shape index (κ2) is 7.29. The second-order valence-corrected chi connectivity index (χ2v) is 9.08. The minimum atomic E-state index is -3.69. The van der Waals surface area contributed by atoms with E-state index in [9.17, 15) is 12.8 Å². The summed E-state index contributed by atoms with van der Waals surface area (Å²) in [6.45, 7) is 2.51. The molecule has 0 bridgehead atoms. The number of hydrogen-bond donors (Lipinski definition) is 0. The van der Waals surface area contributed by atoms with Gasteiger partial charge in [0, 0.05) is 19.0 Å². The van der Waals surface area contributed by atoms with Crippen LogP contribution >= 0.6 is 0 Å². The summed E-state index contributed by atoms with van der Waals surface area (Å²) in [4.78, 5) is 4.31. The van der Waals surface area contributed by atoms with Crippen LogP contribution in [0, 0.1) is 12.7 Å². The lowest BCUT2D eigenvalue weighted by Gasteiger charge is -2.30. The summed E-state index contributed by atoms with van der Waals surface area (Å²) in [5.74, 6) is 1.13. The van der Waals surface area contributed by atoms with E-state index < -0.39 is 15.8 Å². The normalized spacial score (nSPS) is 19.5. The molecule has 1 aliphatic heterocycles. The lowest BCUT2D eigenvalue weighted by Crippen LogP contribution is -2.40. The van der Waals surface area contributed by atoms with E-state index in [0.717, 1.165) is 24.7 Å². The molecule has 9 heteroatoms. The molecule has 0 spiro atoms. The first-order valence-corrected chi connectivity index (χ1v) is 10.6. The first kappa shape index (κ1) is 18.5. The average Bonchev–Trinajstić information content (AvgIpc) is 3.41. The van der Waals surface area contributed by atoms with Crippen molar-refractivity contribution >= 4 is 10.0 Å². The molecule has 2 fully saturated rings. The Labute approximate surface area is 157 Å². The van der Waals surface area contributed by atoms with Crippen molar-refractivity contribution in [3.05, 3.63) is 41.3 Å². The topological polar surface area (TPSA) is 85.5 Å². The van der Waals surface area contributed by atoms with Crippen LogP contribution in [0.5, 0.6) is 0 Å². The quantitative estimate of drug-likeness (QED) is 0.748. The fraction of sp³-hybridized carbons (Fsp3) is 0.556. The summed E-state index contributed by atoms with van der Waals surface area (Å²) < 4.78 is 51.5. The van der Waals surface area contributed by atoms with Gasteiger partial charge in [0.2, 0.25) is 10.0 Å². The van der Waals surface area contributed by atoms with Crippen molar-refractivity contribution < 1.29 is 22.1 Å². The Kier molecular flexibility index (Phi) is 5.00. The van der Waals surface area contributed by atoms with Gasteiger partial charge in [0.05, 0.1) is 11.0 Å². The molecule has 2 aliphatic rings. The molecule has 0 N–H and O–H groups in total. The minimum absolute atomic E-state index is 0.0107. The van der Waals surface area contributed by atoms with Gasteiger partial charge in [-0.1, -0.05) is 11.2 Å². The Bertz CT molecular complexity index is 918. The molecule has 7 nitrogen and oxygen atoms in total. The highest BCUT2D eigenvalue weighted by atomic mass is 32.2. The number of aryl methyl sites for hydroxylation is 1. The van der Waals surface area contributed by atoms with E-state index in [4.69, 9.17) is 9.26 Å². The summed E-state index contributed by atoms with van der Waals surface area (Å²) in [6, 6.07) is 4.02. The van der Waals surface area contributed by atoms with Crippen LogP contribution in [0.15, 0.2) is 27.6 Å². The predicted octanol–water partition coefficient (Wildman–Crippen LogP) is 2.76. The third-order valence-electron chi connectivity index (χ3n) is 5.05. The first-order valence-electron chi connectivity index (χ1n) is 9.14. The van der Waals surface area contributed by atoms with Gasteiger partial charge < -0.3 is 9.26 Å². The molecule has 146 valence electrons. The summed E-state index contributed by atoms with van der Waals surface area (Å²) in [7, 11) is -3.69. The molecular formula is C18H22FN3O4S. The zero-order chi connectivity index (χ0) is 19.0. The lowest BCUT2D eigenvalue weighted by molar-refractivity contribution is -0.00119. The van der Waals surface area contributed by atoms with Crippen LogP contribution < -0.4 is 0 Å². The van der Waals surface area contributed by atoms with E-state index in [-0.39, 0.29) is 17.6 Å². The number of piperidine rings is 1. The zero-order valence-electron chi connectivity index (χ0n) is 15.1. The van der Waals surface area contributed by atoms with Crippen LogP contribution in [-0.4, -0.2) is 42.1 Å². The number of hydrogen-bond acceptors (Lipinski definition) is 6. The molecule has 1 aromatic heterocycles. The zero-order valence-corrected chi connectivity index (χ0v) is 15.9. The van der Waals surface area contributed by atoms with Crippen LogP contribution in [0.25, 0.3) is 0 Å². The Morgan fingerprint density at radius 3 is 2.67 bits per heavy atom. The monoisotopic (exact) mass is 395 g/mol. The van der Waals surface area contributed by atoms with Gasteiger partial charge in [0.15, 0.2) is 5.82 Å².